The number of amides is 1. The Morgan fingerprint density at radius 2 is 2.07 bits per heavy atom. The predicted molar refractivity (Wildman–Crippen MR) is 102 cm³/mol. The molecule has 2 atom stereocenters. The summed E-state index contributed by atoms with van der Waals surface area (Å²) in [5.74, 6) is 0.102. The summed E-state index contributed by atoms with van der Waals surface area (Å²) in [4.78, 5) is 12.4. The molecule has 6 nitrogen and oxygen atoms in total. The van der Waals surface area contributed by atoms with Crippen LogP contribution in [0.5, 0.6) is 0 Å². The minimum atomic E-state index is -4.50. The molecular weight excluding hydrogens is 453 g/mol. The van der Waals surface area contributed by atoms with Gasteiger partial charge in [-0.3, -0.25) is 4.79 Å². The molecule has 3 heterocycles. The largest absolute Gasteiger partial charge is 0.467 e. The number of hydrogen-bond donors (Lipinski definition) is 2. The molecule has 4 rings (SSSR count). The van der Waals surface area contributed by atoms with Gasteiger partial charge >= 0.3 is 6.18 Å². The van der Waals surface area contributed by atoms with E-state index in [-0.39, 0.29) is 24.5 Å². The van der Waals surface area contributed by atoms with Crippen molar-refractivity contribution >= 4 is 27.7 Å². The highest BCUT2D eigenvalue weighted by molar-refractivity contribution is 9.10. The number of aromatic nitrogens is 2. The van der Waals surface area contributed by atoms with E-state index in [1.165, 1.54) is 12.3 Å². The lowest BCUT2D eigenvalue weighted by atomic mass is 9.97. The van der Waals surface area contributed by atoms with E-state index in [1.54, 1.807) is 36.4 Å². The van der Waals surface area contributed by atoms with Gasteiger partial charge in [0.25, 0.3) is 5.91 Å². The second kappa shape index (κ2) is 7.58. The van der Waals surface area contributed by atoms with Crippen LogP contribution in [0.3, 0.4) is 0 Å². The number of nitrogens with zero attached hydrogens (tertiary/aromatic N) is 2. The van der Waals surface area contributed by atoms with E-state index in [2.05, 4.69) is 31.7 Å². The zero-order valence-electron chi connectivity index (χ0n) is 14.9. The molecule has 2 aromatic heterocycles. The SMILES string of the molecule is O=C(NCc1ccco1)c1cc2n(n1)[C@H](C(F)(F)F)C[C@H](c1ccc(Br)cc1)N2. The standard InChI is InChI=1S/C19H16BrF3N4O2/c20-12-5-3-11(4-6-12)14-8-16(19(21,22)23)27-17(25-14)9-15(26-27)18(28)24-10-13-2-1-7-29-13/h1-7,9,14,16,25H,8,10H2,(H,24,28)/t14-,16+/m1/s1. The van der Waals surface area contributed by atoms with Gasteiger partial charge in [-0.25, -0.2) is 4.68 Å². The number of anilines is 1. The Bertz CT molecular complexity index is 1000. The molecule has 0 saturated carbocycles. The van der Waals surface area contributed by atoms with E-state index in [4.69, 9.17) is 4.42 Å². The fraction of sp³-hybridized carbons (Fsp3) is 0.263. The van der Waals surface area contributed by atoms with E-state index in [9.17, 15) is 18.0 Å². The summed E-state index contributed by atoms with van der Waals surface area (Å²) in [6, 6.07) is 9.38. The lowest BCUT2D eigenvalue weighted by molar-refractivity contribution is -0.173. The van der Waals surface area contributed by atoms with Crippen molar-refractivity contribution in [1.82, 2.24) is 15.1 Å². The molecule has 0 bridgehead atoms. The predicted octanol–water partition coefficient (Wildman–Crippen LogP) is 4.83. The van der Waals surface area contributed by atoms with Gasteiger partial charge < -0.3 is 15.1 Å². The van der Waals surface area contributed by atoms with Crippen LogP contribution >= 0.6 is 15.9 Å². The molecule has 29 heavy (non-hydrogen) atoms. The highest BCUT2D eigenvalue weighted by Crippen LogP contribution is 2.43. The molecule has 1 amide bonds. The summed E-state index contributed by atoms with van der Waals surface area (Å²) in [6.07, 6.45) is -3.26. The van der Waals surface area contributed by atoms with Crippen LogP contribution in [0.4, 0.5) is 19.0 Å². The lowest BCUT2D eigenvalue weighted by Crippen LogP contribution is -2.35. The fourth-order valence-electron chi connectivity index (χ4n) is 3.27. The quantitative estimate of drug-likeness (QED) is 0.575. The van der Waals surface area contributed by atoms with Crippen molar-refractivity contribution in [3.05, 3.63) is 70.2 Å². The zero-order valence-corrected chi connectivity index (χ0v) is 16.5. The molecule has 10 heteroatoms. The molecule has 2 N–H and O–H groups in total. The van der Waals surface area contributed by atoms with Crippen molar-refractivity contribution < 1.29 is 22.4 Å². The van der Waals surface area contributed by atoms with Crippen molar-refractivity contribution in [2.75, 3.05) is 5.32 Å². The third kappa shape index (κ3) is 4.16. The van der Waals surface area contributed by atoms with Gasteiger partial charge in [0.05, 0.1) is 18.8 Å². The van der Waals surface area contributed by atoms with Gasteiger partial charge in [0.15, 0.2) is 11.7 Å². The Morgan fingerprint density at radius 3 is 2.72 bits per heavy atom. The van der Waals surface area contributed by atoms with Gasteiger partial charge in [0.2, 0.25) is 0 Å². The van der Waals surface area contributed by atoms with Crippen LogP contribution in [0.15, 0.2) is 57.6 Å². The molecule has 1 aromatic carbocycles. The maximum absolute atomic E-state index is 13.7. The van der Waals surface area contributed by atoms with Crippen molar-refractivity contribution in [3.8, 4) is 0 Å². The van der Waals surface area contributed by atoms with Crippen molar-refractivity contribution in [2.45, 2.75) is 31.2 Å². The Kier molecular flexibility index (Phi) is 5.12. The minimum Gasteiger partial charge on any atom is -0.467 e. The summed E-state index contributed by atoms with van der Waals surface area (Å²) < 4.78 is 47.9. The van der Waals surface area contributed by atoms with Gasteiger partial charge in [-0.15, -0.1) is 0 Å². The number of hydrogen-bond acceptors (Lipinski definition) is 4. The summed E-state index contributed by atoms with van der Waals surface area (Å²) in [7, 11) is 0. The Hall–Kier alpha value is -2.75. The molecule has 152 valence electrons. The number of fused-ring (bicyclic) bond motifs is 1. The van der Waals surface area contributed by atoms with E-state index in [1.807, 2.05) is 0 Å². The Balaban J connectivity index is 1.59. The average Bonchev–Trinajstić information content (AvgIpc) is 3.34. The Labute approximate surface area is 172 Å². The smallest absolute Gasteiger partial charge is 0.410 e. The van der Waals surface area contributed by atoms with Gasteiger partial charge in [-0.05, 0) is 29.8 Å². The van der Waals surface area contributed by atoms with Gasteiger partial charge in [-0.2, -0.15) is 18.3 Å². The molecule has 0 spiro atoms. The molecular formula is C19H16BrF3N4O2. The van der Waals surface area contributed by atoms with E-state index >= 15 is 0 Å². The molecule has 0 aliphatic carbocycles. The summed E-state index contributed by atoms with van der Waals surface area (Å²) >= 11 is 3.32. The molecule has 0 radical (unpaired) electrons. The summed E-state index contributed by atoms with van der Waals surface area (Å²) in [5.41, 5.74) is 0.628. The van der Waals surface area contributed by atoms with Crippen LogP contribution in [-0.4, -0.2) is 21.9 Å². The minimum absolute atomic E-state index is 0.0928. The monoisotopic (exact) mass is 468 g/mol. The number of halogens is 4. The number of furan rings is 1. The first-order valence-electron chi connectivity index (χ1n) is 8.80. The van der Waals surface area contributed by atoms with Gasteiger partial charge in [0, 0.05) is 17.0 Å². The third-order valence-corrected chi connectivity index (χ3v) is 5.23. The second-order valence-corrected chi connectivity index (χ2v) is 7.58. The first-order chi connectivity index (χ1) is 13.8. The molecule has 0 unspecified atom stereocenters. The highest BCUT2D eigenvalue weighted by atomic mass is 79.9. The molecule has 0 fully saturated rings. The molecule has 3 aromatic rings. The number of benzene rings is 1. The number of carbonyl (C=O) groups is 1. The average molecular weight is 469 g/mol. The van der Waals surface area contributed by atoms with Crippen LogP contribution in [0.1, 0.15) is 40.3 Å². The maximum Gasteiger partial charge on any atom is 0.410 e. The van der Waals surface area contributed by atoms with Crippen LogP contribution in [-0.2, 0) is 6.54 Å². The van der Waals surface area contributed by atoms with E-state index < -0.39 is 24.2 Å². The molecule has 0 saturated heterocycles. The van der Waals surface area contributed by atoms with Crippen LogP contribution in [0.2, 0.25) is 0 Å². The van der Waals surface area contributed by atoms with Crippen molar-refractivity contribution in [3.63, 3.8) is 0 Å². The normalized spacial score (nSPS) is 18.8. The zero-order chi connectivity index (χ0) is 20.6. The second-order valence-electron chi connectivity index (χ2n) is 6.66. The molecule has 1 aliphatic rings. The molecule has 1 aliphatic heterocycles. The first-order valence-corrected chi connectivity index (χ1v) is 9.59. The topological polar surface area (TPSA) is 72.1 Å². The maximum atomic E-state index is 13.7. The lowest BCUT2D eigenvalue weighted by Gasteiger charge is -2.33. The van der Waals surface area contributed by atoms with E-state index in [0.29, 0.717) is 5.76 Å². The van der Waals surface area contributed by atoms with Crippen molar-refractivity contribution in [1.29, 1.82) is 0 Å². The third-order valence-electron chi connectivity index (χ3n) is 4.70. The highest BCUT2D eigenvalue weighted by Gasteiger charge is 2.46. The van der Waals surface area contributed by atoms with Crippen molar-refractivity contribution in [2.24, 2.45) is 0 Å². The van der Waals surface area contributed by atoms with Crippen LogP contribution in [0, 0.1) is 0 Å². The van der Waals surface area contributed by atoms with E-state index in [0.717, 1.165) is 14.7 Å². The summed E-state index contributed by atoms with van der Waals surface area (Å²) in [5, 5.41) is 9.58. The number of alkyl halides is 3. The van der Waals surface area contributed by atoms with Gasteiger partial charge in [-0.1, -0.05) is 28.1 Å². The van der Waals surface area contributed by atoms with Crippen LogP contribution < -0.4 is 10.6 Å². The fourth-order valence-corrected chi connectivity index (χ4v) is 3.53. The first kappa shape index (κ1) is 19.6. The Morgan fingerprint density at radius 1 is 1.31 bits per heavy atom. The summed E-state index contributed by atoms with van der Waals surface area (Å²) in [6.45, 7) is 0.117. The number of rotatable bonds is 4. The van der Waals surface area contributed by atoms with Crippen LogP contribution in [0.25, 0.3) is 0 Å². The van der Waals surface area contributed by atoms with Gasteiger partial charge in [0.1, 0.15) is 11.6 Å². The number of carbonyl (C=O) groups excluding carboxylic acids is 1. The number of nitrogens with one attached hydrogen (secondary N) is 2.